The van der Waals surface area contributed by atoms with Gasteiger partial charge in [0.25, 0.3) is 10.0 Å². The summed E-state index contributed by atoms with van der Waals surface area (Å²) in [5.74, 6) is -1.34. The summed E-state index contributed by atoms with van der Waals surface area (Å²) in [7, 11) is -3.86. The quantitative estimate of drug-likeness (QED) is 0.504. The highest BCUT2D eigenvalue weighted by molar-refractivity contribution is 7.89. The van der Waals surface area contributed by atoms with E-state index >= 15 is 0 Å². The molecule has 1 aromatic rings. The maximum absolute atomic E-state index is 11.7. The molecule has 17 heavy (non-hydrogen) atoms. The minimum atomic E-state index is -3.86. The van der Waals surface area contributed by atoms with E-state index in [9.17, 15) is 13.2 Å². The first-order chi connectivity index (χ1) is 7.99. The molecule has 1 rings (SSSR count). The number of nitrogens with zero attached hydrogens (tertiary/aromatic N) is 1. The molecule has 0 radical (unpaired) electrons. The lowest BCUT2D eigenvalue weighted by Crippen LogP contribution is -2.26. The van der Waals surface area contributed by atoms with Gasteiger partial charge in [-0.1, -0.05) is 12.2 Å². The molecular formula is C9H13N3O4S. The highest BCUT2D eigenvalue weighted by Crippen LogP contribution is 2.11. The van der Waals surface area contributed by atoms with Gasteiger partial charge in [-0.15, -0.1) is 0 Å². The van der Waals surface area contributed by atoms with Crippen LogP contribution in [0.15, 0.2) is 23.4 Å². The van der Waals surface area contributed by atoms with Crippen molar-refractivity contribution in [3.05, 3.63) is 23.9 Å². The lowest BCUT2D eigenvalue weighted by atomic mass is 10.4. The smallest absolute Gasteiger partial charge is 0.340 e. The normalized spacial score (nSPS) is 12.1. The SMILES string of the molecule is C/C=C/CCNS(=O)(=O)c1[nH]ncc1C(=O)O. The van der Waals surface area contributed by atoms with Crippen LogP contribution in [0.3, 0.4) is 0 Å². The Bertz CT molecular complexity index is 518. The summed E-state index contributed by atoms with van der Waals surface area (Å²) in [5, 5.41) is 13.9. The Morgan fingerprint density at radius 2 is 2.35 bits per heavy atom. The Labute approximate surface area is 98.6 Å². The number of aromatic carboxylic acids is 1. The number of allylic oxidation sites excluding steroid dienone is 1. The predicted molar refractivity (Wildman–Crippen MR) is 60.2 cm³/mol. The molecule has 0 unspecified atom stereocenters. The number of hydrogen-bond acceptors (Lipinski definition) is 4. The third kappa shape index (κ3) is 3.40. The predicted octanol–water partition coefficient (Wildman–Crippen LogP) is 0.352. The number of carboxylic acids is 1. The number of H-pyrrole nitrogens is 1. The molecule has 0 spiro atoms. The van der Waals surface area contributed by atoms with E-state index < -0.39 is 21.0 Å². The van der Waals surface area contributed by atoms with Crippen molar-refractivity contribution in [1.82, 2.24) is 14.9 Å². The minimum Gasteiger partial charge on any atom is -0.478 e. The fraction of sp³-hybridized carbons (Fsp3) is 0.333. The molecule has 0 amide bonds. The zero-order chi connectivity index (χ0) is 12.9. The second-order valence-corrected chi connectivity index (χ2v) is 4.88. The van der Waals surface area contributed by atoms with Crippen molar-refractivity contribution in [3.8, 4) is 0 Å². The summed E-state index contributed by atoms with van der Waals surface area (Å²) in [4.78, 5) is 10.7. The summed E-state index contributed by atoms with van der Waals surface area (Å²) in [5.41, 5.74) is -0.372. The van der Waals surface area contributed by atoms with E-state index in [0.717, 1.165) is 6.20 Å². The van der Waals surface area contributed by atoms with Gasteiger partial charge in [0.15, 0.2) is 5.03 Å². The van der Waals surface area contributed by atoms with E-state index in [4.69, 9.17) is 5.11 Å². The molecule has 8 heteroatoms. The maximum Gasteiger partial charge on any atom is 0.340 e. The summed E-state index contributed by atoms with van der Waals surface area (Å²) in [6.07, 6.45) is 5.09. The van der Waals surface area contributed by atoms with Gasteiger partial charge in [-0.25, -0.2) is 17.9 Å². The Morgan fingerprint density at radius 1 is 1.65 bits per heavy atom. The number of aromatic amines is 1. The first kappa shape index (κ1) is 13.4. The van der Waals surface area contributed by atoms with E-state index in [-0.39, 0.29) is 12.1 Å². The Hall–Kier alpha value is -1.67. The second-order valence-electron chi connectivity index (χ2n) is 3.17. The molecule has 0 saturated carbocycles. The minimum absolute atomic E-state index is 0.199. The number of nitrogens with one attached hydrogen (secondary N) is 2. The standard InChI is InChI=1S/C9H13N3O4S/c1-2-3-4-5-11-17(15,16)8-7(9(13)14)6-10-12-8/h2-3,6,11H,4-5H2,1H3,(H,10,12)(H,13,14)/b3-2+. The van der Waals surface area contributed by atoms with Crippen molar-refractivity contribution in [3.63, 3.8) is 0 Å². The first-order valence-corrected chi connectivity index (χ1v) is 6.35. The van der Waals surface area contributed by atoms with Crippen molar-refractivity contribution < 1.29 is 18.3 Å². The van der Waals surface area contributed by atoms with E-state index in [1.807, 2.05) is 6.92 Å². The highest BCUT2D eigenvalue weighted by atomic mass is 32.2. The van der Waals surface area contributed by atoms with Gasteiger partial charge in [0.1, 0.15) is 5.56 Å². The van der Waals surface area contributed by atoms with Crippen molar-refractivity contribution in [2.24, 2.45) is 0 Å². The van der Waals surface area contributed by atoms with Gasteiger partial charge >= 0.3 is 5.97 Å². The van der Waals surface area contributed by atoms with Crippen LogP contribution in [0.5, 0.6) is 0 Å². The first-order valence-electron chi connectivity index (χ1n) is 4.86. The van der Waals surface area contributed by atoms with Crippen molar-refractivity contribution in [1.29, 1.82) is 0 Å². The van der Waals surface area contributed by atoms with Crippen LogP contribution >= 0.6 is 0 Å². The number of hydrogen-bond donors (Lipinski definition) is 3. The molecule has 0 aromatic carbocycles. The van der Waals surface area contributed by atoms with Crippen LogP contribution in [-0.4, -0.2) is 36.2 Å². The van der Waals surface area contributed by atoms with E-state index in [1.54, 1.807) is 12.2 Å². The third-order valence-electron chi connectivity index (χ3n) is 1.94. The van der Waals surface area contributed by atoms with Gasteiger partial charge in [-0.05, 0) is 13.3 Å². The molecule has 0 fully saturated rings. The Kier molecular flexibility index (Phi) is 4.41. The van der Waals surface area contributed by atoms with E-state index in [2.05, 4.69) is 14.9 Å². The molecule has 0 aliphatic rings. The molecule has 7 nitrogen and oxygen atoms in total. The number of sulfonamides is 1. The molecule has 1 heterocycles. The largest absolute Gasteiger partial charge is 0.478 e. The van der Waals surface area contributed by atoms with Crippen LogP contribution < -0.4 is 4.72 Å². The number of aromatic nitrogens is 2. The van der Waals surface area contributed by atoms with Crippen LogP contribution in [0.2, 0.25) is 0 Å². The van der Waals surface area contributed by atoms with E-state index in [0.29, 0.717) is 6.42 Å². The Balaban J connectivity index is 2.83. The van der Waals surface area contributed by atoms with Crippen molar-refractivity contribution in [2.45, 2.75) is 18.4 Å². The van der Waals surface area contributed by atoms with Crippen LogP contribution in [0.4, 0.5) is 0 Å². The number of carboxylic acid groups (broad SMARTS) is 1. The molecule has 0 aliphatic heterocycles. The Morgan fingerprint density at radius 3 is 2.94 bits per heavy atom. The van der Waals surface area contributed by atoms with Crippen LogP contribution in [0, 0.1) is 0 Å². The zero-order valence-electron chi connectivity index (χ0n) is 9.17. The molecule has 0 atom stereocenters. The molecule has 0 aliphatic carbocycles. The van der Waals surface area contributed by atoms with Gasteiger partial charge in [0.05, 0.1) is 6.20 Å². The summed E-state index contributed by atoms with van der Waals surface area (Å²) >= 11 is 0. The molecule has 1 aromatic heterocycles. The van der Waals surface area contributed by atoms with Crippen LogP contribution in [0.25, 0.3) is 0 Å². The zero-order valence-corrected chi connectivity index (χ0v) is 9.99. The van der Waals surface area contributed by atoms with Crippen LogP contribution in [-0.2, 0) is 10.0 Å². The van der Waals surface area contributed by atoms with Crippen molar-refractivity contribution >= 4 is 16.0 Å². The average molecular weight is 259 g/mol. The summed E-state index contributed by atoms with van der Waals surface area (Å²) in [6.45, 7) is 2.02. The summed E-state index contributed by atoms with van der Waals surface area (Å²) in [6, 6.07) is 0. The molecule has 0 bridgehead atoms. The highest BCUT2D eigenvalue weighted by Gasteiger charge is 2.23. The van der Waals surface area contributed by atoms with Gasteiger partial charge < -0.3 is 5.11 Å². The molecule has 3 N–H and O–H groups in total. The lowest BCUT2D eigenvalue weighted by Gasteiger charge is -2.03. The molecule has 94 valence electrons. The monoisotopic (exact) mass is 259 g/mol. The fourth-order valence-electron chi connectivity index (χ4n) is 1.15. The summed E-state index contributed by atoms with van der Waals surface area (Å²) < 4.78 is 25.7. The van der Waals surface area contributed by atoms with Gasteiger partial charge in [-0.2, -0.15) is 5.10 Å². The van der Waals surface area contributed by atoms with E-state index in [1.165, 1.54) is 0 Å². The number of carbonyl (C=O) groups is 1. The average Bonchev–Trinajstić information content (AvgIpc) is 2.74. The lowest BCUT2D eigenvalue weighted by molar-refractivity contribution is 0.0692. The number of rotatable bonds is 6. The van der Waals surface area contributed by atoms with Gasteiger partial charge in [0, 0.05) is 6.54 Å². The molecular weight excluding hydrogens is 246 g/mol. The van der Waals surface area contributed by atoms with Gasteiger partial charge in [-0.3, -0.25) is 5.10 Å². The molecule has 0 saturated heterocycles. The second kappa shape index (κ2) is 5.60. The van der Waals surface area contributed by atoms with Gasteiger partial charge in [0.2, 0.25) is 0 Å². The third-order valence-corrected chi connectivity index (χ3v) is 3.38. The maximum atomic E-state index is 11.7. The topological polar surface area (TPSA) is 112 Å². The van der Waals surface area contributed by atoms with Crippen LogP contribution in [0.1, 0.15) is 23.7 Å². The van der Waals surface area contributed by atoms with Crippen molar-refractivity contribution in [2.75, 3.05) is 6.54 Å². The fourth-order valence-corrected chi connectivity index (χ4v) is 2.28.